The van der Waals surface area contributed by atoms with Crippen LogP contribution in [0.1, 0.15) is 26.3 Å². The first kappa shape index (κ1) is 16.6. The third kappa shape index (κ3) is 2.92. The summed E-state index contributed by atoms with van der Waals surface area (Å²) in [6.07, 6.45) is 3.68. The van der Waals surface area contributed by atoms with Crippen LogP contribution in [0.15, 0.2) is 54.9 Å². The van der Waals surface area contributed by atoms with Gasteiger partial charge in [-0.25, -0.2) is 4.39 Å². The molecule has 1 aromatic heterocycles. The van der Waals surface area contributed by atoms with Crippen LogP contribution < -0.4 is 0 Å². The van der Waals surface area contributed by atoms with E-state index in [9.17, 15) is 9.50 Å². The molecule has 0 saturated heterocycles. The average Bonchev–Trinajstić information content (AvgIpc) is 3.01. The minimum Gasteiger partial charge on any atom is -0.505 e. The standard InChI is InChI=1S/C20H19ClFNO/c1-20(2,3)14-11-13(18-15(21)7-6-8-16(18)22)12-17(19(14)24)23-9-4-5-10-23/h4-12,24H,1-3H3. The molecule has 1 heterocycles. The lowest BCUT2D eigenvalue weighted by Crippen LogP contribution is -2.13. The van der Waals surface area contributed by atoms with Crippen molar-refractivity contribution in [3.63, 3.8) is 0 Å². The zero-order valence-electron chi connectivity index (χ0n) is 13.8. The van der Waals surface area contributed by atoms with Gasteiger partial charge in [-0.05, 0) is 47.4 Å². The molecule has 24 heavy (non-hydrogen) atoms. The molecule has 2 aromatic carbocycles. The van der Waals surface area contributed by atoms with E-state index < -0.39 is 0 Å². The van der Waals surface area contributed by atoms with Crippen LogP contribution in [0.2, 0.25) is 5.02 Å². The van der Waals surface area contributed by atoms with Gasteiger partial charge in [0.15, 0.2) is 0 Å². The van der Waals surface area contributed by atoms with E-state index in [-0.39, 0.29) is 17.0 Å². The summed E-state index contributed by atoms with van der Waals surface area (Å²) in [5.74, 6) is -0.193. The fraction of sp³-hybridized carbons (Fsp3) is 0.200. The molecular weight excluding hydrogens is 325 g/mol. The Bertz CT molecular complexity index is 859. The zero-order valence-corrected chi connectivity index (χ0v) is 14.6. The Morgan fingerprint density at radius 3 is 2.29 bits per heavy atom. The predicted molar refractivity (Wildman–Crippen MR) is 96.5 cm³/mol. The van der Waals surface area contributed by atoms with Crippen molar-refractivity contribution in [2.45, 2.75) is 26.2 Å². The molecule has 0 spiro atoms. The Kier molecular flexibility index (Phi) is 4.14. The topological polar surface area (TPSA) is 25.2 Å². The SMILES string of the molecule is CC(C)(C)c1cc(-c2c(F)cccc2Cl)cc(-n2cccc2)c1O. The third-order valence-corrected chi connectivity index (χ3v) is 4.35. The van der Waals surface area contributed by atoms with Crippen LogP contribution in [0.4, 0.5) is 4.39 Å². The highest BCUT2D eigenvalue weighted by molar-refractivity contribution is 6.33. The van der Waals surface area contributed by atoms with Gasteiger partial charge < -0.3 is 9.67 Å². The smallest absolute Gasteiger partial charge is 0.143 e. The van der Waals surface area contributed by atoms with E-state index in [0.29, 0.717) is 21.8 Å². The minimum atomic E-state index is -0.383. The van der Waals surface area contributed by atoms with Gasteiger partial charge in [-0.2, -0.15) is 0 Å². The number of halogens is 2. The molecule has 0 unspecified atom stereocenters. The number of aromatic hydroxyl groups is 1. The van der Waals surface area contributed by atoms with Gasteiger partial charge in [0.05, 0.1) is 10.7 Å². The summed E-state index contributed by atoms with van der Waals surface area (Å²) in [5.41, 5.74) is 2.02. The maximum Gasteiger partial charge on any atom is 0.143 e. The highest BCUT2D eigenvalue weighted by Crippen LogP contribution is 2.41. The number of phenolic OH excluding ortho intramolecular Hbond substituents is 1. The summed E-state index contributed by atoms with van der Waals surface area (Å²) >= 11 is 6.24. The molecule has 1 N–H and O–H groups in total. The number of hydrogen-bond donors (Lipinski definition) is 1. The van der Waals surface area contributed by atoms with Crippen LogP contribution in [0.25, 0.3) is 16.8 Å². The number of nitrogens with zero attached hydrogens (tertiary/aromatic N) is 1. The van der Waals surface area contributed by atoms with Crippen molar-refractivity contribution >= 4 is 11.6 Å². The summed E-state index contributed by atoms with van der Waals surface area (Å²) < 4.78 is 16.2. The molecule has 0 amide bonds. The first-order valence-corrected chi connectivity index (χ1v) is 8.12. The summed E-state index contributed by atoms with van der Waals surface area (Å²) in [5, 5.41) is 11.1. The fourth-order valence-electron chi connectivity index (χ4n) is 2.80. The largest absolute Gasteiger partial charge is 0.505 e. The van der Waals surface area contributed by atoms with Gasteiger partial charge >= 0.3 is 0 Å². The van der Waals surface area contributed by atoms with Crippen molar-refractivity contribution in [3.05, 3.63) is 71.3 Å². The monoisotopic (exact) mass is 343 g/mol. The lowest BCUT2D eigenvalue weighted by atomic mass is 9.84. The van der Waals surface area contributed by atoms with Crippen molar-refractivity contribution in [3.8, 4) is 22.6 Å². The quantitative estimate of drug-likeness (QED) is 0.612. The Morgan fingerprint density at radius 2 is 1.71 bits per heavy atom. The molecule has 0 fully saturated rings. The van der Waals surface area contributed by atoms with Gasteiger partial charge in [0.1, 0.15) is 11.6 Å². The second-order valence-corrected chi connectivity index (χ2v) is 7.24. The van der Waals surface area contributed by atoms with E-state index in [1.54, 1.807) is 18.2 Å². The van der Waals surface area contributed by atoms with Gasteiger partial charge in [-0.1, -0.05) is 38.4 Å². The maximum atomic E-state index is 14.4. The lowest BCUT2D eigenvalue weighted by molar-refractivity contribution is 0.444. The zero-order chi connectivity index (χ0) is 17.5. The van der Waals surface area contributed by atoms with Crippen molar-refractivity contribution in [1.82, 2.24) is 4.57 Å². The predicted octanol–water partition coefficient (Wildman–Crippen LogP) is 5.94. The van der Waals surface area contributed by atoms with Crippen LogP contribution in [0, 0.1) is 5.82 Å². The Balaban J connectivity index is 2.34. The summed E-state index contributed by atoms with van der Waals surface area (Å²) in [6, 6.07) is 12.0. The number of hydrogen-bond acceptors (Lipinski definition) is 1. The molecule has 124 valence electrons. The molecular formula is C20H19ClFNO. The normalized spacial score (nSPS) is 11.7. The van der Waals surface area contributed by atoms with E-state index in [2.05, 4.69) is 0 Å². The van der Waals surface area contributed by atoms with E-state index in [1.165, 1.54) is 6.07 Å². The molecule has 0 saturated carbocycles. The van der Waals surface area contributed by atoms with Crippen molar-refractivity contribution in [2.75, 3.05) is 0 Å². The first-order chi connectivity index (χ1) is 11.3. The molecule has 2 nitrogen and oxygen atoms in total. The van der Waals surface area contributed by atoms with Crippen LogP contribution in [0.5, 0.6) is 5.75 Å². The average molecular weight is 344 g/mol. The Morgan fingerprint density at radius 1 is 1.04 bits per heavy atom. The van der Waals surface area contributed by atoms with E-state index in [4.69, 9.17) is 11.6 Å². The lowest BCUT2D eigenvalue weighted by Gasteiger charge is -2.24. The van der Waals surface area contributed by atoms with Gasteiger partial charge in [-0.15, -0.1) is 0 Å². The maximum absolute atomic E-state index is 14.4. The molecule has 0 aliphatic heterocycles. The highest BCUT2D eigenvalue weighted by Gasteiger charge is 2.23. The van der Waals surface area contributed by atoms with Crippen LogP contribution in [-0.2, 0) is 5.41 Å². The van der Waals surface area contributed by atoms with Gasteiger partial charge in [0.25, 0.3) is 0 Å². The summed E-state index contributed by atoms with van der Waals surface area (Å²) in [4.78, 5) is 0. The molecule has 3 rings (SSSR count). The summed E-state index contributed by atoms with van der Waals surface area (Å²) in [6.45, 7) is 6.02. The van der Waals surface area contributed by atoms with Crippen LogP contribution in [-0.4, -0.2) is 9.67 Å². The van der Waals surface area contributed by atoms with Crippen molar-refractivity contribution < 1.29 is 9.50 Å². The van der Waals surface area contributed by atoms with Gasteiger partial charge in [0, 0.05) is 23.5 Å². The number of phenols is 1. The highest BCUT2D eigenvalue weighted by atomic mass is 35.5. The molecule has 0 atom stereocenters. The third-order valence-electron chi connectivity index (χ3n) is 4.03. The van der Waals surface area contributed by atoms with Crippen molar-refractivity contribution in [2.24, 2.45) is 0 Å². The molecule has 0 aliphatic carbocycles. The molecule has 0 aliphatic rings. The molecule has 0 radical (unpaired) electrons. The van der Waals surface area contributed by atoms with Crippen LogP contribution >= 0.6 is 11.6 Å². The molecule has 0 bridgehead atoms. The number of rotatable bonds is 2. The first-order valence-electron chi connectivity index (χ1n) is 7.74. The summed E-state index contributed by atoms with van der Waals surface area (Å²) in [7, 11) is 0. The van der Waals surface area contributed by atoms with E-state index in [1.807, 2.05) is 55.9 Å². The Hall–Kier alpha value is -2.26. The number of benzene rings is 2. The van der Waals surface area contributed by atoms with Gasteiger partial charge in [-0.3, -0.25) is 0 Å². The molecule has 4 heteroatoms. The number of aromatic nitrogens is 1. The van der Waals surface area contributed by atoms with Gasteiger partial charge in [0.2, 0.25) is 0 Å². The minimum absolute atomic E-state index is 0.190. The Labute approximate surface area is 146 Å². The van der Waals surface area contributed by atoms with E-state index in [0.717, 1.165) is 5.56 Å². The van der Waals surface area contributed by atoms with E-state index >= 15 is 0 Å². The van der Waals surface area contributed by atoms with Crippen LogP contribution in [0.3, 0.4) is 0 Å². The fourth-order valence-corrected chi connectivity index (χ4v) is 3.07. The molecule has 3 aromatic rings. The second kappa shape index (κ2) is 5.99. The second-order valence-electron chi connectivity index (χ2n) is 6.83. The van der Waals surface area contributed by atoms with Crippen molar-refractivity contribution in [1.29, 1.82) is 0 Å².